The first-order valence-electron chi connectivity index (χ1n) is 7.58. The predicted molar refractivity (Wildman–Crippen MR) is 89.5 cm³/mol. The summed E-state index contributed by atoms with van der Waals surface area (Å²) >= 11 is 6.15. The van der Waals surface area contributed by atoms with Crippen LogP contribution < -0.4 is 5.32 Å². The second-order valence-electron chi connectivity index (χ2n) is 5.23. The number of nitrogens with zero attached hydrogens (tertiary/aromatic N) is 1. The van der Waals surface area contributed by atoms with E-state index in [1.807, 2.05) is 18.2 Å². The molecular weight excluding hydrogens is 316 g/mol. The summed E-state index contributed by atoms with van der Waals surface area (Å²) < 4.78 is 10.6. The summed E-state index contributed by atoms with van der Waals surface area (Å²) in [5, 5.41) is 3.45. The van der Waals surface area contributed by atoms with E-state index in [1.54, 1.807) is 20.1 Å². The lowest BCUT2D eigenvalue weighted by molar-refractivity contribution is -0.120. The van der Waals surface area contributed by atoms with Gasteiger partial charge in [0.05, 0.1) is 22.7 Å². The number of hydrogen-bond donors (Lipinski definition) is 1. The number of methoxy groups -OCH3 is 1. The van der Waals surface area contributed by atoms with Crippen molar-refractivity contribution in [1.29, 1.82) is 0 Å². The molecule has 0 aliphatic carbocycles. The number of rotatable bonds is 8. The van der Waals surface area contributed by atoms with Gasteiger partial charge in [-0.15, -0.1) is 0 Å². The molecule has 0 aliphatic rings. The van der Waals surface area contributed by atoms with Crippen LogP contribution in [-0.2, 0) is 16.0 Å². The van der Waals surface area contributed by atoms with E-state index in [4.69, 9.17) is 20.8 Å². The van der Waals surface area contributed by atoms with Gasteiger partial charge in [-0.1, -0.05) is 23.7 Å². The van der Waals surface area contributed by atoms with Crippen LogP contribution >= 0.6 is 11.6 Å². The molecule has 5 nitrogen and oxygen atoms in total. The molecule has 2 aromatic rings. The van der Waals surface area contributed by atoms with Gasteiger partial charge in [0.2, 0.25) is 11.8 Å². The van der Waals surface area contributed by atoms with Crippen LogP contribution in [0.2, 0.25) is 5.02 Å². The van der Waals surface area contributed by atoms with Gasteiger partial charge in [-0.3, -0.25) is 4.79 Å². The van der Waals surface area contributed by atoms with E-state index in [2.05, 4.69) is 10.3 Å². The molecule has 0 radical (unpaired) electrons. The minimum absolute atomic E-state index is 0.0653. The van der Waals surface area contributed by atoms with Gasteiger partial charge in [0, 0.05) is 20.3 Å². The van der Waals surface area contributed by atoms with Crippen molar-refractivity contribution in [3.63, 3.8) is 0 Å². The van der Waals surface area contributed by atoms with Crippen molar-refractivity contribution < 1.29 is 13.9 Å². The van der Waals surface area contributed by atoms with E-state index in [9.17, 15) is 4.79 Å². The van der Waals surface area contributed by atoms with Gasteiger partial charge in [0.25, 0.3) is 0 Å². The van der Waals surface area contributed by atoms with E-state index < -0.39 is 0 Å². The number of amides is 1. The van der Waals surface area contributed by atoms with Crippen molar-refractivity contribution in [3.05, 3.63) is 40.7 Å². The third kappa shape index (κ3) is 5.08. The maximum atomic E-state index is 12.0. The van der Waals surface area contributed by atoms with Crippen molar-refractivity contribution in [2.45, 2.75) is 26.2 Å². The fraction of sp³-hybridized carbons (Fsp3) is 0.412. The number of nitrogens with one attached hydrogen (secondary N) is 1. The number of ether oxygens (including phenoxy) is 1. The van der Waals surface area contributed by atoms with Gasteiger partial charge in [-0.25, -0.2) is 4.98 Å². The lowest BCUT2D eigenvalue weighted by atomic mass is 10.2. The van der Waals surface area contributed by atoms with Crippen LogP contribution in [0.5, 0.6) is 0 Å². The summed E-state index contributed by atoms with van der Waals surface area (Å²) in [6.07, 6.45) is 2.02. The minimum atomic E-state index is -0.0653. The van der Waals surface area contributed by atoms with Gasteiger partial charge >= 0.3 is 0 Å². The zero-order valence-electron chi connectivity index (χ0n) is 13.4. The molecule has 0 aliphatic heterocycles. The number of oxazole rings is 1. The van der Waals surface area contributed by atoms with E-state index in [0.29, 0.717) is 35.5 Å². The van der Waals surface area contributed by atoms with E-state index >= 15 is 0 Å². The number of carbonyl (C=O) groups excluding carboxylic acids is 1. The Balaban J connectivity index is 1.94. The highest BCUT2D eigenvalue weighted by Gasteiger charge is 2.16. The Morgan fingerprint density at radius 3 is 2.87 bits per heavy atom. The number of aryl methyl sites for hydroxylation is 1. The van der Waals surface area contributed by atoms with E-state index in [1.165, 1.54) is 0 Å². The lowest BCUT2D eigenvalue weighted by Gasteiger charge is -2.03. The van der Waals surface area contributed by atoms with Crippen molar-refractivity contribution in [3.8, 4) is 11.5 Å². The Morgan fingerprint density at radius 2 is 2.13 bits per heavy atom. The Morgan fingerprint density at radius 1 is 1.35 bits per heavy atom. The van der Waals surface area contributed by atoms with E-state index in [-0.39, 0.29) is 12.3 Å². The number of carbonyl (C=O) groups is 1. The molecule has 0 saturated heterocycles. The second-order valence-corrected chi connectivity index (χ2v) is 5.64. The fourth-order valence-corrected chi connectivity index (χ4v) is 2.37. The van der Waals surface area contributed by atoms with Crippen molar-refractivity contribution in [2.24, 2.45) is 0 Å². The molecule has 1 N–H and O–H groups in total. The molecule has 1 amide bonds. The Kier molecular flexibility index (Phi) is 6.62. The average molecular weight is 337 g/mol. The monoisotopic (exact) mass is 336 g/mol. The first kappa shape index (κ1) is 17.5. The maximum Gasteiger partial charge on any atom is 0.228 e. The summed E-state index contributed by atoms with van der Waals surface area (Å²) in [6.45, 7) is 3.14. The molecule has 23 heavy (non-hydrogen) atoms. The minimum Gasteiger partial charge on any atom is -0.441 e. The molecule has 0 atom stereocenters. The molecular formula is C17H21ClN2O3. The van der Waals surface area contributed by atoms with Gasteiger partial charge in [0.15, 0.2) is 0 Å². The molecule has 0 unspecified atom stereocenters. The standard InChI is InChI=1S/C17H21ClN2O3/c1-12-15(11-16(21)19-9-5-6-10-22-2)20-17(23-12)13-7-3-4-8-14(13)18/h3-4,7-8H,5-6,9-11H2,1-2H3,(H,19,21). The highest BCUT2D eigenvalue weighted by atomic mass is 35.5. The van der Waals surface area contributed by atoms with Gasteiger partial charge in [0.1, 0.15) is 5.76 Å². The third-order valence-electron chi connectivity index (χ3n) is 3.42. The van der Waals surface area contributed by atoms with Gasteiger partial charge in [-0.2, -0.15) is 0 Å². The Hall–Kier alpha value is -1.85. The van der Waals surface area contributed by atoms with Gasteiger partial charge < -0.3 is 14.5 Å². The number of hydrogen-bond acceptors (Lipinski definition) is 4. The highest BCUT2D eigenvalue weighted by Crippen LogP contribution is 2.28. The summed E-state index contributed by atoms with van der Waals surface area (Å²) in [5.74, 6) is 1.01. The van der Waals surface area contributed by atoms with Crippen LogP contribution in [0.1, 0.15) is 24.3 Å². The highest BCUT2D eigenvalue weighted by molar-refractivity contribution is 6.33. The number of halogens is 1. The average Bonchev–Trinajstić information content (AvgIpc) is 2.88. The van der Waals surface area contributed by atoms with Crippen LogP contribution in [0.3, 0.4) is 0 Å². The van der Waals surface area contributed by atoms with Crippen molar-refractivity contribution in [2.75, 3.05) is 20.3 Å². The molecule has 0 saturated carbocycles. The van der Waals surface area contributed by atoms with Crippen LogP contribution in [-0.4, -0.2) is 31.2 Å². The molecule has 1 aromatic heterocycles. The summed E-state index contributed by atoms with van der Waals surface area (Å²) in [6, 6.07) is 7.34. The summed E-state index contributed by atoms with van der Waals surface area (Å²) in [4.78, 5) is 16.4. The van der Waals surface area contributed by atoms with Crippen molar-refractivity contribution >= 4 is 17.5 Å². The zero-order chi connectivity index (χ0) is 16.7. The summed E-state index contributed by atoms with van der Waals surface area (Å²) in [7, 11) is 1.67. The maximum absolute atomic E-state index is 12.0. The number of unbranched alkanes of at least 4 members (excludes halogenated alkanes) is 1. The molecule has 0 bridgehead atoms. The van der Waals surface area contributed by atoms with Crippen LogP contribution in [0, 0.1) is 6.92 Å². The van der Waals surface area contributed by atoms with Crippen LogP contribution in [0.15, 0.2) is 28.7 Å². The smallest absolute Gasteiger partial charge is 0.228 e. The second kappa shape index (κ2) is 8.70. The Bertz CT molecular complexity index is 655. The SMILES string of the molecule is COCCCCNC(=O)Cc1nc(-c2ccccc2Cl)oc1C. The molecule has 2 rings (SSSR count). The molecule has 6 heteroatoms. The topological polar surface area (TPSA) is 64.4 Å². The van der Waals surface area contributed by atoms with Crippen molar-refractivity contribution in [1.82, 2.24) is 10.3 Å². The number of aromatic nitrogens is 1. The lowest BCUT2D eigenvalue weighted by Crippen LogP contribution is -2.26. The third-order valence-corrected chi connectivity index (χ3v) is 3.75. The quantitative estimate of drug-likeness (QED) is 0.750. The first-order chi connectivity index (χ1) is 11.1. The normalized spacial score (nSPS) is 10.7. The zero-order valence-corrected chi connectivity index (χ0v) is 14.2. The summed E-state index contributed by atoms with van der Waals surface area (Å²) in [5.41, 5.74) is 1.36. The molecule has 1 heterocycles. The first-order valence-corrected chi connectivity index (χ1v) is 7.96. The Labute approximate surface area is 141 Å². The molecule has 0 spiro atoms. The molecule has 124 valence electrons. The number of benzene rings is 1. The van der Waals surface area contributed by atoms with Crippen LogP contribution in [0.4, 0.5) is 0 Å². The largest absolute Gasteiger partial charge is 0.441 e. The van der Waals surface area contributed by atoms with Crippen LogP contribution in [0.25, 0.3) is 11.5 Å². The van der Waals surface area contributed by atoms with E-state index in [0.717, 1.165) is 18.4 Å². The van der Waals surface area contributed by atoms with Gasteiger partial charge in [-0.05, 0) is 31.9 Å². The molecule has 0 fully saturated rings. The predicted octanol–water partition coefficient (Wildman–Crippen LogP) is 3.39. The fourth-order valence-electron chi connectivity index (χ4n) is 2.16. The molecule has 1 aromatic carbocycles.